The summed E-state index contributed by atoms with van der Waals surface area (Å²) in [4.78, 5) is 7.34. The van der Waals surface area contributed by atoms with Crippen molar-refractivity contribution in [3.63, 3.8) is 0 Å². The minimum atomic E-state index is 0.450. The van der Waals surface area contributed by atoms with E-state index in [0.717, 1.165) is 51.1 Å². The molecule has 2 saturated heterocycles. The lowest BCUT2D eigenvalue weighted by atomic mass is 10.0. The van der Waals surface area contributed by atoms with Gasteiger partial charge in [0, 0.05) is 38.8 Å². The van der Waals surface area contributed by atoms with Crippen LogP contribution in [0.3, 0.4) is 0 Å². The quantitative estimate of drug-likeness (QED) is 0.409. The maximum Gasteiger partial charge on any atom is 0.191 e. The molecule has 0 aromatic heterocycles. The van der Waals surface area contributed by atoms with Crippen molar-refractivity contribution in [3.05, 3.63) is 0 Å². The van der Waals surface area contributed by atoms with Gasteiger partial charge in [-0.3, -0.25) is 4.99 Å². The van der Waals surface area contributed by atoms with Gasteiger partial charge >= 0.3 is 0 Å². The Morgan fingerprint density at radius 1 is 1.22 bits per heavy atom. The van der Waals surface area contributed by atoms with Crippen LogP contribution in [0.25, 0.3) is 0 Å². The van der Waals surface area contributed by atoms with Crippen LogP contribution in [0.4, 0.5) is 0 Å². The first-order valence-electron chi connectivity index (χ1n) is 9.67. The highest BCUT2D eigenvalue weighted by molar-refractivity contribution is 5.79. The fourth-order valence-corrected chi connectivity index (χ4v) is 3.52. The molecule has 0 aromatic carbocycles. The largest absolute Gasteiger partial charge is 0.378 e. The Labute approximate surface area is 142 Å². The van der Waals surface area contributed by atoms with Crippen LogP contribution in [-0.2, 0) is 4.74 Å². The molecule has 23 heavy (non-hydrogen) atoms. The first-order valence-corrected chi connectivity index (χ1v) is 9.67. The molecule has 2 N–H and O–H groups in total. The molecule has 5 heteroatoms. The molecule has 2 heterocycles. The molecule has 2 aliphatic rings. The van der Waals surface area contributed by atoms with Gasteiger partial charge in [0.2, 0.25) is 0 Å². The van der Waals surface area contributed by atoms with Crippen LogP contribution in [0.1, 0.15) is 58.8 Å². The highest BCUT2D eigenvalue weighted by atomic mass is 16.5. The maximum atomic E-state index is 5.66. The van der Waals surface area contributed by atoms with E-state index in [1.807, 2.05) is 0 Å². The lowest BCUT2D eigenvalue weighted by Gasteiger charge is -2.33. The summed E-state index contributed by atoms with van der Waals surface area (Å²) in [5.41, 5.74) is 0. The van der Waals surface area contributed by atoms with Gasteiger partial charge < -0.3 is 20.3 Å². The number of hydrogen-bond acceptors (Lipinski definition) is 3. The molecule has 2 fully saturated rings. The molecular formula is C18H36N4O. The van der Waals surface area contributed by atoms with Crippen LogP contribution < -0.4 is 10.6 Å². The summed E-state index contributed by atoms with van der Waals surface area (Å²) in [5, 5.41) is 6.78. The van der Waals surface area contributed by atoms with Crippen molar-refractivity contribution in [2.75, 3.05) is 39.3 Å². The summed E-state index contributed by atoms with van der Waals surface area (Å²) < 4.78 is 5.66. The molecule has 2 aliphatic heterocycles. The van der Waals surface area contributed by atoms with E-state index in [-0.39, 0.29) is 0 Å². The number of nitrogens with one attached hydrogen (secondary N) is 2. The lowest BCUT2D eigenvalue weighted by molar-refractivity contribution is 0.105. The van der Waals surface area contributed by atoms with E-state index < -0.39 is 0 Å². The van der Waals surface area contributed by atoms with Crippen molar-refractivity contribution in [3.8, 4) is 0 Å². The molecule has 134 valence electrons. The summed E-state index contributed by atoms with van der Waals surface area (Å²) in [7, 11) is 0. The fourth-order valence-electron chi connectivity index (χ4n) is 3.52. The SMILES string of the molecule is CCNC(=NCCCN1CCCCC1C)NCCC1CCCO1. The number of nitrogens with zero attached hydrogens (tertiary/aromatic N) is 2. The lowest BCUT2D eigenvalue weighted by Crippen LogP contribution is -2.39. The fraction of sp³-hybridized carbons (Fsp3) is 0.944. The smallest absolute Gasteiger partial charge is 0.191 e. The van der Waals surface area contributed by atoms with Gasteiger partial charge in [0.1, 0.15) is 0 Å². The molecule has 0 radical (unpaired) electrons. The topological polar surface area (TPSA) is 48.9 Å². The number of guanidine groups is 1. The molecule has 0 spiro atoms. The first-order chi connectivity index (χ1) is 11.3. The first kappa shape index (κ1) is 18.5. The second kappa shape index (κ2) is 10.9. The van der Waals surface area contributed by atoms with Gasteiger partial charge in [0.05, 0.1) is 6.10 Å². The predicted octanol–water partition coefficient (Wildman–Crippen LogP) is 2.38. The predicted molar refractivity (Wildman–Crippen MR) is 97.1 cm³/mol. The number of aliphatic imine (C=N–C) groups is 1. The molecule has 5 nitrogen and oxygen atoms in total. The van der Waals surface area contributed by atoms with Crippen molar-refractivity contribution in [2.24, 2.45) is 4.99 Å². The minimum Gasteiger partial charge on any atom is -0.378 e. The van der Waals surface area contributed by atoms with Crippen molar-refractivity contribution in [2.45, 2.75) is 70.9 Å². The second-order valence-electron chi connectivity index (χ2n) is 6.85. The average molecular weight is 325 g/mol. The number of ether oxygens (including phenoxy) is 1. The van der Waals surface area contributed by atoms with E-state index in [2.05, 4.69) is 29.4 Å². The van der Waals surface area contributed by atoms with Crippen molar-refractivity contribution < 1.29 is 4.74 Å². The zero-order valence-electron chi connectivity index (χ0n) is 15.1. The molecule has 2 rings (SSSR count). The molecule has 0 saturated carbocycles. The van der Waals surface area contributed by atoms with Crippen molar-refractivity contribution >= 4 is 5.96 Å². The molecular weight excluding hydrogens is 288 g/mol. The van der Waals surface area contributed by atoms with Crippen LogP contribution in [0.5, 0.6) is 0 Å². The van der Waals surface area contributed by atoms with E-state index >= 15 is 0 Å². The highest BCUT2D eigenvalue weighted by Gasteiger charge is 2.17. The summed E-state index contributed by atoms with van der Waals surface area (Å²) in [6, 6.07) is 0.755. The molecule has 2 atom stereocenters. The van der Waals surface area contributed by atoms with E-state index in [9.17, 15) is 0 Å². The zero-order valence-corrected chi connectivity index (χ0v) is 15.1. The highest BCUT2D eigenvalue weighted by Crippen LogP contribution is 2.16. The summed E-state index contributed by atoms with van der Waals surface area (Å²) in [6.45, 7) is 10.6. The van der Waals surface area contributed by atoms with E-state index in [0.29, 0.717) is 6.10 Å². The van der Waals surface area contributed by atoms with E-state index in [1.165, 1.54) is 45.2 Å². The van der Waals surface area contributed by atoms with Gasteiger partial charge in [-0.25, -0.2) is 0 Å². The van der Waals surface area contributed by atoms with Crippen LogP contribution in [0, 0.1) is 0 Å². The van der Waals surface area contributed by atoms with Gasteiger partial charge in [-0.05, 0) is 58.9 Å². The molecule has 0 bridgehead atoms. The van der Waals surface area contributed by atoms with Gasteiger partial charge in [0.25, 0.3) is 0 Å². The zero-order chi connectivity index (χ0) is 16.3. The third-order valence-electron chi connectivity index (χ3n) is 4.94. The van der Waals surface area contributed by atoms with E-state index in [1.54, 1.807) is 0 Å². The molecule has 0 aliphatic carbocycles. The van der Waals surface area contributed by atoms with Crippen LogP contribution in [0.2, 0.25) is 0 Å². The van der Waals surface area contributed by atoms with Gasteiger partial charge in [0.15, 0.2) is 5.96 Å². The Balaban J connectivity index is 1.61. The molecule has 0 amide bonds. The number of rotatable bonds is 8. The normalized spacial score (nSPS) is 26.4. The standard InChI is InChI=1S/C18H36N4O/c1-3-19-18(21-12-10-17-9-6-15-23-17)20-11-7-14-22-13-5-4-8-16(22)2/h16-17H,3-15H2,1-2H3,(H2,19,20,21). The Hall–Kier alpha value is -0.810. The van der Waals surface area contributed by atoms with Gasteiger partial charge in [-0.2, -0.15) is 0 Å². The van der Waals surface area contributed by atoms with Crippen LogP contribution in [-0.4, -0.2) is 62.3 Å². The summed E-state index contributed by atoms with van der Waals surface area (Å²) in [5.74, 6) is 0.956. The number of likely N-dealkylation sites (tertiary alicyclic amines) is 1. The van der Waals surface area contributed by atoms with Crippen molar-refractivity contribution in [1.82, 2.24) is 15.5 Å². The van der Waals surface area contributed by atoms with Crippen LogP contribution >= 0.6 is 0 Å². The Morgan fingerprint density at radius 2 is 2.13 bits per heavy atom. The summed E-state index contributed by atoms with van der Waals surface area (Å²) in [6.07, 6.45) is 9.22. The second-order valence-corrected chi connectivity index (χ2v) is 6.85. The van der Waals surface area contributed by atoms with Gasteiger partial charge in [-0.15, -0.1) is 0 Å². The number of hydrogen-bond donors (Lipinski definition) is 2. The maximum absolute atomic E-state index is 5.66. The third kappa shape index (κ3) is 7.08. The van der Waals surface area contributed by atoms with Crippen molar-refractivity contribution in [1.29, 1.82) is 0 Å². The minimum absolute atomic E-state index is 0.450. The van der Waals surface area contributed by atoms with E-state index in [4.69, 9.17) is 9.73 Å². The Bertz CT molecular complexity index is 342. The van der Waals surface area contributed by atoms with Gasteiger partial charge in [-0.1, -0.05) is 6.42 Å². The average Bonchev–Trinajstić information content (AvgIpc) is 3.06. The van der Waals surface area contributed by atoms with Crippen LogP contribution in [0.15, 0.2) is 4.99 Å². The molecule has 0 aromatic rings. The Morgan fingerprint density at radius 3 is 2.87 bits per heavy atom. The Kier molecular flexibility index (Phi) is 8.76. The molecule has 2 unspecified atom stereocenters. The number of piperidine rings is 1. The monoisotopic (exact) mass is 324 g/mol. The summed E-state index contributed by atoms with van der Waals surface area (Å²) >= 11 is 0. The third-order valence-corrected chi connectivity index (χ3v) is 4.94.